The number of furan rings is 1. The van der Waals surface area contributed by atoms with Crippen molar-refractivity contribution in [3.8, 4) is 0 Å². The summed E-state index contributed by atoms with van der Waals surface area (Å²) in [4.78, 5) is 0. The van der Waals surface area contributed by atoms with Crippen LogP contribution in [0.1, 0.15) is 51.4 Å². The van der Waals surface area contributed by atoms with Crippen LogP contribution in [-0.4, -0.2) is 5.11 Å². The molecular weight excluding hydrogens is 200 g/mol. The van der Waals surface area contributed by atoms with Gasteiger partial charge in [0.05, 0.1) is 6.26 Å². The summed E-state index contributed by atoms with van der Waals surface area (Å²) in [6.07, 6.45) is 5.15. The van der Waals surface area contributed by atoms with Crippen LogP contribution < -0.4 is 0 Å². The Hall–Kier alpha value is -1.02. The molecule has 16 heavy (non-hydrogen) atoms. The Morgan fingerprint density at radius 3 is 2.69 bits per heavy atom. The quantitative estimate of drug-likeness (QED) is 0.705. The van der Waals surface area contributed by atoms with Crippen LogP contribution in [0.4, 0.5) is 0 Å². The Bertz CT molecular complexity index is 301. The molecule has 90 valence electrons. The van der Waals surface area contributed by atoms with Crippen molar-refractivity contribution in [1.29, 1.82) is 0 Å². The molecule has 2 atom stereocenters. The van der Waals surface area contributed by atoms with Crippen LogP contribution in [0, 0.1) is 5.92 Å². The third kappa shape index (κ3) is 3.86. The molecule has 2 nitrogen and oxygen atoms in total. The zero-order valence-corrected chi connectivity index (χ0v) is 10.3. The van der Waals surface area contributed by atoms with Crippen molar-refractivity contribution >= 4 is 0 Å². The highest BCUT2D eigenvalue weighted by molar-refractivity contribution is 5.02. The van der Waals surface area contributed by atoms with Gasteiger partial charge in [-0.15, -0.1) is 0 Å². The topological polar surface area (TPSA) is 33.4 Å². The molecule has 1 N–H and O–H groups in total. The number of allylic oxidation sites excluding steroid dienone is 1. The van der Waals surface area contributed by atoms with E-state index in [1.54, 1.807) is 12.3 Å². The van der Waals surface area contributed by atoms with E-state index >= 15 is 0 Å². The molecule has 0 fully saturated rings. The van der Waals surface area contributed by atoms with Crippen molar-refractivity contribution in [1.82, 2.24) is 0 Å². The van der Waals surface area contributed by atoms with Crippen molar-refractivity contribution in [2.75, 3.05) is 0 Å². The predicted octanol–water partition coefficient (Wildman–Crippen LogP) is 4.09. The van der Waals surface area contributed by atoms with Gasteiger partial charge in [0, 0.05) is 0 Å². The first-order chi connectivity index (χ1) is 7.65. The zero-order chi connectivity index (χ0) is 12.0. The molecule has 1 aromatic heterocycles. The second kappa shape index (κ2) is 6.54. The number of aliphatic hydroxyl groups excluding tert-OH is 1. The molecule has 1 heterocycles. The lowest BCUT2D eigenvalue weighted by molar-refractivity contribution is 0.132. The third-order valence-electron chi connectivity index (χ3n) is 2.99. The van der Waals surface area contributed by atoms with Gasteiger partial charge in [-0.05, 0) is 44.2 Å². The number of hydrogen-bond acceptors (Lipinski definition) is 2. The summed E-state index contributed by atoms with van der Waals surface area (Å²) in [6.45, 7) is 8.26. The second-order valence-corrected chi connectivity index (χ2v) is 4.44. The summed E-state index contributed by atoms with van der Waals surface area (Å²) < 4.78 is 5.18. The van der Waals surface area contributed by atoms with Gasteiger partial charge in [0.1, 0.15) is 11.9 Å². The van der Waals surface area contributed by atoms with E-state index in [1.807, 2.05) is 6.07 Å². The van der Waals surface area contributed by atoms with E-state index in [9.17, 15) is 5.11 Å². The van der Waals surface area contributed by atoms with Gasteiger partial charge in [-0.25, -0.2) is 0 Å². The summed E-state index contributed by atoms with van der Waals surface area (Å²) in [5.41, 5.74) is 1.22. The van der Waals surface area contributed by atoms with Crippen molar-refractivity contribution in [3.05, 3.63) is 36.3 Å². The summed E-state index contributed by atoms with van der Waals surface area (Å²) in [5.74, 6) is 1.19. The molecule has 0 aliphatic heterocycles. The lowest BCUT2D eigenvalue weighted by atomic mass is 9.90. The van der Waals surface area contributed by atoms with Gasteiger partial charge in [-0.3, -0.25) is 0 Å². The summed E-state index contributed by atoms with van der Waals surface area (Å²) in [5, 5.41) is 9.88. The Morgan fingerprint density at radius 1 is 1.44 bits per heavy atom. The molecule has 0 aromatic carbocycles. The molecule has 0 saturated heterocycles. The molecule has 0 aliphatic carbocycles. The molecule has 0 saturated carbocycles. The second-order valence-electron chi connectivity index (χ2n) is 4.44. The molecule has 1 aromatic rings. The average Bonchev–Trinajstić information content (AvgIpc) is 2.76. The fourth-order valence-electron chi connectivity index (χ4n) is 1.97. The Labute approximate surface area is 98.0 Å². The minimum Gasteiger partial charge on any atom is -0.467 e. The van der Waals surface area contributed by atoms with Crippen LogP contribution in [0.2, 0.25) is 0 Å². The lowest BCUT2D eigenvalue weighted by Gasteiger charge is -2.17. The molecule has 2 heteroatoms. The highest BCUT2D eigenvalue weighted by Gasteiger charge is 2.14. The van der Waals surface area contributed by atoms with E-state index < -0.39 is 6.10 Å². The number of aliphatic hydroxyl groups is 1. The van der Waals surface area contributed by atoms with Gasteiger partial charge < -0.3 is 9.52 Å². The van der Waals surface area contributed by atoms with E-state index in [0.717, 1.165) is 25.7 Å². The summed E-state index contributed by atoms with van der Waals surface area (Å²) >= 11 is 0. The predicted molar refractivity (Wildman–Crippen MR) is 66.1 cm³/mol. The smallest absolute Gasteiger partial charge is 0.132 e. The Morgan fingerprint density at radius 2 is 2.19 bits per heavy atom. The van der Waals surface area contributed by atoms with Gasteiger partial charge in [-0.1, -0.05) is 25.5 Å². The van der Waals surface area contributed by atoms with Gasteiger partial charge in [0.2, 0.25) is 0 Å². The van der Waals surface area contributed by atoms with Crippen LogP contribution in [-0.2, 0) is 0 Å². The fourth-order valence-corrected chi connectivity index (χ4v) is 1.97. The highest BCUT2D eigenvalue weighted by Crippen LogP contribution is 2.26. The monoisotopic (exact) mass is 222 g/mol. The Kier molecular flexibility index (Phi) is 5.33. The van der Waals surface area contributed by atoms with E-state index in [2.05, 4.69) is 20.4 Å². The normalized spacial score (nSPS) is 14.7. The van der Waals surface area contributed by atoms with E-state index in [0.29, 0.717) is 11.7 Å². The standard InChI is InChI=1S/C14H22O2/c1-4-6-12(11(2)3)8-9-13(15)14-7-5-10-16-14/h5,7,10,12-13,15H,2,4,6,8-9H2,1,3H3. The summed E-state index contributed by atoms with van der Waals surface area (Å²) in [6, 6.07) is 3.63. The van der Waals surface area contributed by atoms with E-state index in [1.165, 1.54) is 5.57 Å². The number of hydrogen-bond donors (Lipinski definition) is 1. The van der Waals surface area contributed by atoms with Crippen LogP contribution in [0.25, 0.3) is 0 Å². The fraction of sp³-hybridized carbons (Fsp3) is 0.571. The van der Waals surface area contributed by atoms with Crippen LogP contribution in [0.5, 0.6) is 0 Å². The first-order valence-corrected chi connectivity index (χ1v) is 6.02. The largest absolute Gasteiger partial charge is 0.467 e. The Balaban J connectivity index is 2.40. The van der Waals surface area contributed by atoms with Crippen LogP contribution >= 0.6 is 0 Å². The van der Waals surface area contributed by atoms with Crippen molar-refractivity contribution in [2.24, 2.45) is 5.92 Å². The van der Waals surface area contributed by atoms with E-state index in [-0.39, 0.29) is 0 Å². The average molecular weight is 222 g/mol. The van der Waals surface area contributed by atoms with Crippen molar-refractivity contribution in [3.63, 3.8) is 0 Å². The SMILES string of the molecule is C=C(C)C(CCC)CCC(O)c1ccco1. The molecule has 0 radical (unpaired) electrons. The number of rotatable bonds is 7. The van der Waals surface area contributed by atoms with Crippen LogP contribution in [0.15, 0.2) is 35.0 Å². The maximum absolute atomic E-state index is 9.88. The first-order valence-electron chi connectivity index (χ1n) is 6.02. The molecule has 1 rings (SSSR count). The minimum absolute atomic E-state index is 0.478. The molecule has 0 bridgehead atoms. The van der Waals surface area contributed by atoms with Crippen molar-refractivity contribution < 1.29 is 9.52 Å². The van der Waals surface area contributed by atoms with Gasteiger partial charge in [-0.2, -0.15) is 0 Å². The van der Waals surface area contributed by atoms with Gasteiger partial charge in [0.15, 0.2) is 0 Å². The van der Waals surface area contributed by atoms with Gasteiger partial charge >= 0.3 is 0 Å². The lowest BCUT2D eigenvalue weighted by Crippen LogP contribution is -2.05. The molecule has 0 aliphatic rings. The maximum Gasteiger partial charge on any atom is 0.132 e. The third-order valence-corrected chi connectivity index (χ3v) is 2.99. The molecular formula is C14H22O2. The molecule has 2 unspecified atom stereocenters. The molecule has 0 spiro atoms. The van der Waals surface area contributed by atoms with E-state index in [4.69, 9.17) is 4.42 Å². The van der Waals surface area contributed by atoms with Crippen LogP contribution in [0.3, 0.4) is 0 Å². The van der Waals surface area contributed by atoms with Crippen molar-refractivity contribution in [2.45, 2.75) is 45.6 Å². The summed E-state index contributed by atoms with van der Waals surface area (Å²) in [7, 11) is 0. The first kappa shape index (κ1) is 13.0. The minimum atomic E-state index is -0.478. The maximum atomic E-state index is 9.88. The zero-order valence-electron chi connectivity index (χ0n) is 10.3. The van der Waals surface area contributed by atoms with Gasteiger partial charge in [0.25, 0.3) is 0 Å². The molecule has 0 amide bonds. The highest BCUT2D eigenvalue weighted by atomic mass is 16.4.